The van der Waals surface area contributed by atoms with E-state index in [2.05, 4.69) is 11.5 Å². The molecular formula is C21H23N3O4. The van der Waals surface area contributed by atoms with E-state index in [1.807, 2.05) is 31.2 Å². The van der Waals surface area contributed by atoms with E-state index in [-0.39, 0.29) is 23.3 Å². The summed E-state index contributed by atoms with van der Waals surface area (Å²) in [6.07, 6.45) is 2.11. The lowest BCUT2D eigenvalue weighted by molar-refractivity contribution is 0.0683. The molecule has 1 aliphatic rings. The van der Waals surface area contributed by atoms with E-state index in [0.717, 1.165) is 36.2 Å². The number of carbonyl (C=O) groups excluding carboxylic acids is 1. The molecule has 1 amide bonds. The number of carboxylic acids is 1. The van der Waals surface area contributed by atoms with Gasteiger partial charge in [0, 0.05) is 25.6 Å². The second-order valence-electron chi connectivity index (χ2n) is 6.97. The van der Waals surface area contributed by atoms with Gasteiger partial charge in [0.2, 0.25) is 0 Å². The van der Waals surface area contributed by atoms with Gasteiger partial charge in [0.15, 0.2) is 5.76 Å². The number of carboxylic acid groups (broad SMARTS) is 1. The Bertz CT molecular complexity index is 1050. The third-order valence-electron chi connectivity index (χ3n) is 5.38. The second kappa shape index (κ2) is 7.14. The Morgan fingerprint density at radius 2 is 2.07 bits per heavy atom. The number of aromatic nitrogens is 2. The van der Waals surface area contributed by atoms with Crippen molar-refractivity contribution in [2.45, 2.75) is 45.7 Å². The molecule has 1 aliphatic heterocycles. The minimum absolute atomic E-state index is 0.0578. The lowest BCUT2D eigenvalue weighted by Gasteiger charge is -2.24. The first-order valence-electron chi connectivity index (χ1n) is 9.67. The Morgan fingerprint density at radius 1 is 1.29 bits per heavy atom. The molecule has 28 heavy (non-hydrogen) atoms. The summed E-state index contributed by atoms with van der Waals surface area (Å²) < 4.78 is 7.75. The lowest BCUT2D eigenvalue weighted by Crippen LogP contribution is -2.31. The average molecular weight is 381 g/mol. The van der Waals surface area contributed by atoms with Crippen LogP contribution in [0.3, 0.4) is 0 Å². The van der Waals surface area contributed by atoms with Gasteiger partial charge in [-0.3, -0.25) is 4.79 Å². The fourth-order valence-electron chi connectivity index (χ4n) is 4.08. The monoisotopic (exact) mass is 381 g/mol. The molecule has 146 valence electrons. The van der Waals surface area contributed by atoms with Crippen molar-refractivity contribution in [2.24, 2.45) is 0 Å². The van der Waals surface area contributed by atoms with E-state index in [9.17, 15) is 14.7 Å². The molecule has 3 aromatic rings. The zero-order chi connectivity index (χ0) is 19.8. The predicted molar refractivity (Wildman–Crippen MR) is 103 cm³/mol. The van der Waals surface area contributed by atoms with Crippen LogP contribution in [-0.2, 0) is 13.0 Å². The van der Waals surface area contributed by atoms with Crippen LogP contribution in [0.4, 0.5) is 0 Å². The average Bonchev–Trinajstić information content (AvgIpc) is 3.42. The van der Waals surface area contributed by atoms with Crippen LogP contribution in [0.1, 0.15) is 65.2 Å². The van der Waals surface area contributed by atoms with E-state index in [1.165, 1.54) is 6.07 Å². The van der Waals surface area contributed by atoms with Crippen LogP contribution in [0.15, 0.2) is 34.7 Å². The third-order valence-corrected chi connectivity index (χ3v) is 5.38. The lowest BCUT2D eigenvalue weighted by atomic mass is 10.2. The van der Waals surface area contributed by atoms with Crippen molar-refractivity contribution in [3.8, 4) is 0 Å². The second-order valence-corrected chi connectivity index (χ2v) is 6.97. The fraction of sp³-hybridized carbons (Fsp3) is 0.381. The van der Waals surface area contributed by atoms with Gasteiger partial charge in [-0.15, -0.1) is 0 Å². The number of rotatable bonds is 5. The maximum Gasteiger partial charge on any atom is 0.339 e. The number of carbonyl (C=O) groups is 2. The SMILES string of the molecule is CCc1oc(C(=O)N2CCC[C@@H]2c2nc3ccccc3n2CC)cc1C(=O)O. The molecule has 7 nitrogen and oxygen atoms in total. The number of likely N-dealkylation sites (tertiary alicyclic amines) is 1. The Labute approximate surface area is 162 Å². The number of hydrogen-bond donors (Lipinski definition) is 1. The molecule has 1 N–H and O–H groups in total. The normalized spacial score (nSPS) is 16.8. The van der Waals surface area contributed by atoms with Gasteiger partial charge < -0.3 is 19.0 Å². The number of aromatic carboxylic acids is 1. The minimum Gasteiger partial charge on any atom is -0.478 e. The first kappa shape index (κ1) is 18.3. The van der Waals surface area contributed by atoms with Gasteiger partial charge in [0.1, 0.15) is 17.1 Å². The van der Waals surface area contributed by atoms with Crippen LogP contribution >= 0.6 is 0 Å². The highest BCUT2D eigenvalue weighted by molar-refractivity contribution is 5.96. The molecule has 0 unspecified atom stereocenters. The minimum atomic E-state index is -1.08. The van der Waals surface area contributed by atoms with Crippen molar-refractivity contribution in [1.82, 2.24) is 14.5 Å². The fourth-order valence-corrected chi connectivity index (χ4v) is 4.08. The zero-order valence-electron chi connectivity index (χ0n) is 16.0. The molecule has 0 saturated carbocycles. The van der Waals surface area contributed by atoms with E-state index < -0.39 is 5.97 Å². The highest BCUT2D eigenvalue weighted by atomic mass is 16.4. The molecule has 1 atom stereocenters. The van der Waals surface area contributed by atoms with Crippen LogP contribution in [0.5, 0.6) is 0 Å². The first-order chi connectivity index (χ1) is 13.5. The number of fused-ring (bicyclic) bond motifs is 1. The van der Waals surface area contributed by atoms with Crippen LogP contribution in [0, 0.1) is 0 Å². The summed E-state index contributed by atoms with van der Waals surface area (Å²) in [7, 11) is 0. The molecule has 1 saturated heterocycles. The van der Waals surface area contributed by atoms with Crippen LogP contribution in [0.25, 0.3) is 11.0 Å². The predicted octanol–water partition coefficient (Wildman–Crippen LogP) is 3.89. The van der Waals surface area contributed by atoms with Crippen molar-refractivity contribution in [3.63, 3.8) is 0 Å². The first-order valence-corrected chi connectivity index (χ1v) is 9.67. The summed E-state index contributed by atoms with van der Waals surface area (Å²) in [6.45, 7) is 5.24. The molecule has 3 heterocycles. The third kappa shape index (κ3) is 2.87. The Hall–Kier alpha value is -3.09. The van der Waals surface area contributed by atoms with E-state index >= 15 is 0 Å². The number of amides is 1. The number of imidazole rings is 1. The number of para-hydroxylation sites is 2. The van der Waals surface area contributed by atoms with Gasteiger partial charge in [-0.2, -0.15) is 0 Å². The smallest absolute Gasteiger partial charge is 0.339 e. The van der Waals surface area contributed by atoms with Crippen LogP contribution < -0.4 is 0 Å². The molecule has 0 radical (unpaired) electrons. The topological polar surface area (TPSA) is 88.6 Å². The molecule has 0 aliphatic carbocycles. The van der Waals surface area contributed by atoms with Gasteiger partial charge in [0.05, 0.1) is 17.1 Å². The number of aryl methyl sites for hydroxylation is 2. The van der Waals surface area contributed by atoms with Crippen LogP contribution in [0.2, 0.25) is 0 Å². The highest BCUT2D eigenvalue weighted by Crippen LogP contribution is 2.35. The zero-order valence-corrected chi connectivity index (χ0v) is 16.0. The molecular weight excluding hydrogens is 358 g/mol. The van der Waals surface area contributed by atoms with Gasteiger partial charge >= 0.3 is 5.97 Å². The highest BCUT2D eigenvalue weighted by Gasteiger charge is 2.36. The van der Waals surface area contributed by atoms with Gasteiger partial charge in [0.25, 0.3) is 5.91 Å². The number of hydrogen-bond acceptors (Lipinski definition) is 4. The van der Waals surface area contributed by atoms with Crippen molar-refractivity contribution in [3.05, 3.63) is 53.2 Å². The molecule has 1 fully saturated rings. The molecule has 0 bridgehead atoms. The summed E-state index contributed by atoms with van der Waals surface area (Å²) in [5.41, 5.74) is 2.03. The maximum absolute atomic E-state index is 13.2. The van der Waals surface area contributed by atoms with Crippen LogP contribution in [-0.4, -0.2) is 38.0 Å². The quantitative estimate of drug-likeness (QED) is 0.724. The van der Waals surface area contributed by atoms with Crippen molar-refractivity contribution >= 4 is 22.9 Å². The largest absolute Gasteiger partial charge is 0.478 e. The Balaban J connectivity index is 1.71. The molecule has 7 heteroatoms. The molecule has 4 rings (SSSR count). The summed E-state index contributed by atoms with van der Waals surface area (Å²) in [5, 5.41) is 9.34. The molecule has 2 aromatic heterocycles. The Morgan fingerprint density at radius 3 is 2.75 bits per heavy atom. The summed E-state index contributed by atoms with van der Waals surface area (Å²) in [5.74, 6) is -0.0761. The molecule has 0 spiro atoms. The van der Waals surface area contributed by atoms with Crippen molar-refractivity contribution < 1.29 is 19.1 Å². The van der Waals surface area contributed by atoms with E-state index in [0.29, 0.717) is 18.7 Å². The number of nitrogens with zero attached hydrogens (tertiary/aromatic N) is 3. The Kier molecular flexibility index (Phi) is 4.66. The summed E-state index contributed by atoms with van der Waals surface area (Å²) >= 11 is 0. The van der Waals surface area contributed by atoms with Gasteiger partial charge in [-0.05, 0) is 31.9 Å². The molecule has 1 aromatic carbocycles. The van der Waals surface area contributed by atoms with E-state index in [1.54, 1.807) is 4.90 Å². The van der Waals surface area contributed by atoms with Crippen molar-refractivity contribution in [1.29, 1.82) is 0 Å². The number of benzene rings is 1. The maximum atomic E-state index is 13.2. The standard InChI is InChI=1S/C21H23N3O4/c1-3-17-13(21(26)27)12-18(28-17)20(25)24-11-7-10-16(24)19-22-14-8-5-6-9-15(14)23(19)4-2/h5-6,8-9,12,16H,3-4,7,10-11H2,1-2H3,(H,26,27)/t16-/m1/s1. The van der Waals surface area contributed by atoms with Gasteiger partial charge in [-0.25, -0.2) is 9.78 Å². The number of furan rings is 1. The summed E-state index contributed by atoms with van der Waals surface area (Å²) in [4.78, 5) is 31.1. The van der Waals surface area contributed by atoms with Gasteiger partial charge in [-0.1, -0.05) is 19.1 Å². The summed E-state index contributed by atoms with van der Waals surface area (Å²) in [6, 6.07) is 9.16. The van der Waals surface area contributed by atoms with E-state index in [4.69, 9.17) is 9.40 Å². The van der Waals surface area contributed by atoms with Crippen molar-refractivity contribution in [2.75, 3.05) is 6.54 Å².